The summed E-state index contributed by atoms with van der Waals surface area (Å²) in [6, 6.07) is 0. The Kier molecular flexibility index (Phi) is 9.82. The van der Waals surface area contributed by atoms with Gasteiger partial charge < -0.3 is 59.1 Å². The van der Waals surface area contributed by atoms with Crippen molar-refractivity contribution in [1.82, 2.24) is 0 Å². The number of fused-ring (bicyclic) bond motifs is 5. The van der Waals surface area contributed by atoms with E-state index < -0.39 is 73.6 Å². The second kappa shape index (κ2) is 13.3. The van der Waals surface area contributed by atoms with E-state index >= 15 is 0 Å². The third-order valence-corrected chi connectivity index (χ3v) is 14.4. The van der Waals surface area contributed by atoms with Crippen LogP contribution in [-0.4, -0.2) is 130 Å². The summed E-state index contributed by atoms with van der Waals surface area (Å²) in [6.07, 6.45) is -2.68. The van der Waals surface area contributed by atoms with E-state index in [0.717, 1.165) is 63.4 Å². The minimum Gasteiger partial charge on any atom is -0.458 e. The second-order valence-corrected chi connectivity index (χ2v) is 16.5. The highest BCUT2D eigenvalue weighted by Crippen LogP contribution is 2.70. The molecule has 13 nitrogen and oxygen atoms in total. The van der Waals surface area contributed by atoms with Gasteiger partial charge in [-0.05, 0) is 99.4 Å². The lowest BCUT2D eigenvalue weighted by Crippen LogP contribution is -2.65. The molecule has 6 fully saturated rings. The highest BCUT2D eigenvalue weighted by atomic mass is 16.8. The fourth-order valence-corrected chi connectivity index (χ4v) is 11.5. The van der Waals surface area contributed by atoms with E-state index in [1.54, 1.807) is 13.0 Å². The molecule has 0 amide bonds. The van der Waals surface area contributed by atoms with Crippen LogP contribution < -0.4 is 0 Å². The number of ether oxygens (including phenoxy) is 6. The zero-order chi connectivity index (χ0) is 35.0. The predicted octanol–water partition coefficient (Wildman–Crippen LogP) is 0.934. The van der Waals surface area contributed by atoms with Gasteiger partial charge in [0.25, 0.3) is 0 Å². The van der Waals surface area contributed by atoms with Gasteiger partial charge in [-0.3, -0.25) is 0 Å². The molecule has 3 aliphatic heterocycles. The lowest BCUT2D eigenvalue weighted by molar-refractivity contribution is -0.372. The van der Waals surface area contributed by atoms with Crippen molar-refractivity contribution in [1.29, 1.82) is 0 Å². The quantitative estimate of drug-likeness (QED) is 0.163. The smallest absolute Gasteiger partial charge is 0.331 e. The third-order valence-electron chi connectivity index (χ3n) is 14.4. The van der Waals surface area contributed by atoms with Crippen LogP contribution in [0, 0.1) is 34.5 Å². The van der Waals surface area contributed by atoms with Crippen LogP contribution in [0.4, 0.5) is 0 Å². The van der Waals surface area contributed by atoms with Crippen molar-refractivity contribution in [3.8, 4) is 0 Å². The molecule has 49 heavy (non-hydrogen) atoms. The summed E-state index contributed by atoms with van der Waals surface area (Å²) < 4.78 is 35.5. The lowest BCUT2D eigenvalue weighted by atomic mass is 9.43. The summed E-state index contributed by atoms with van der Waals surface area (Å²) in [7, 11) is 1.44. The van der Waals surface area contributed by atoms with Crippen molar-refractivity contribution >= 4 is 5.97 Å². The van der Waals surface area contributed by atoms with Gasteiger partial charge in [0.15, 0.2) is 12.6 Å². The monoisotopic (exact) mass is 696 g/mol. The molecule has 7 aliphatic rings. The predicted molar refractivity (Wildman–Crippen MR) is 170 cm³/mol. The number of aliphatic hydroxyl groups excluding tert-OH is 5. The zero-order valence-electron chi connectivity index (χ0n) is 29.1. The molecule has 4 aliphatic carbocycles. The number of cyclic esters (lactones) is 1. The van der Waals surface area contributed by atoms with Crippen molar-refractivity contribution < 1.29 is 63.9 Å². The molecular weight excluding hydrogens is 640 g/mol. The number of rotatable bonds is 7. The number of aliphatic hydroxyl groups is 6. The Morgan fingerprint density at radius 1 is 0.857 bits per heavy atom. The number of hydrogen-bond acceptors (Lipinski definition) is 13. The maximum atomic E-state index is 12.6. The Morgan fingerprint density at radius 3 is 2.33 bits per heavy atom. The van der Waals surface area contributed by atoms with Gasteiger partial charge in [0, 0.05) is 18.6 Å². The molecule has 6 N–H and O–H groups in total. The van der Waals surface area contributed by atoms with Gasteiger partial charge in [-0.2, -0.15) is 0 Å². The molecule has 5 unspecified atom stereocenters. The first-order valence-corrected chi connectivity index (χ1v) is 18.3. The Balaban J connectivity index is 1.05. The average molecular weight is 697 g/mol. The largest absolute Gasteiger partial charge is 0.458 e. The van der Waals surface area contributed by atoms with Gasteiger partial charge in [-0.15, -0.1) is 0 Å². The van der Waals surface area contributed by atoms with Crippen LogP contribution in [0.5, 0.6) is 0 Å². The van der Waals surface area contributed by atoms with E-state index in [9.17, 15) is 35.4 Å². The zero-order valence-corrected chi connectivity index (χ0v) is 29.1. The Labute approximate surface area is 287 Å². The van der Waals surface area contributed by atoms with Crippen LogP contribution in [0.15, 0.2) is 11.6 Å². The number of hydrogen-bond donors (Lipinski definition) is 6. The van der Waals surface area contributed by atoms with Gasteiger partial charge in [0.2, 0.25) is 0 Å². The SMILES string of the molecule is CO[C@H]1[C@H](O)[C@@H](C)O[C@@H](O[C@H]2CC[C@@]3(C)[C@H](CC[C@@H]4[C@@H]3CC[C@]3(C)[C@@H](C5=CC(=O)OC5)CC[C@]43O)C2)[C@@H]1OC1OC(CO)C(O)C(O)C1O. The first-order valence-electron chi connectivity index (χ1n) is 18.3. The van der Waals surface area contributed by atoms with Gasteiger partial charge in [-0.1, -0.05) is 13.8 Å². The normalized spacial score (nSPS) is 54.4. The maximum absolute atomic E-state index is 12.6. The van der Waals surface area contributed by atoms with E-state index in [4.69, 9.17) is 28.4 Å². The molecule has 7 rings (SSSR count). The molecule has 4 saturated carbocycles. The number of methoxy groups -OCH3 is 1. The summed E-state index contributed by atoms with van der Waals surface area (Å²) in [6.45, 7) is 6.10. The minimum absolute atomic E-state index is 0.0296. The van der Waals surface area contributed by atoms with Gasteiger partial charge in [-0.25, -0.2) is 4.79 Å². The molecule has 0 spiro atoms. The molecule has 2 saturated heterocycles. The maximum Gasteiger partial charge on any atom is 0.331 e. The fourth-order valence-electron chi connectivity index (χ4n) is 11.5. The molecular formula is C36H56O13. The molecule has 0 bridgehead atoms. The summed E-state index contributed by atoms with van der Waals surface area (Å²) in [5, 5.41) is 64.5. The molecule has 13 heteroatoms. The van der Waals surface area contributed by atoms with E-state index in [1.165, 1.54) is 7.11 Å². The Morgan fingerprint density at radius 2 is 1.63 bits per heavy atom. The van der Waals surface area contributed by atoms with Crippen molar-refractivity contribution in [2.45, 2.75) is 152 Å². The lowest BCUT2D eigenvalue weighted by Gasteiger charge is -2.64. The molecule has 278 valence electrons. The van der Waals surface area contributed by atoms with E-state index in [0.29, 0.717) is 18.4 Å². The summed E-state index contributed by atoms with van der Waals surface area (Å²) in [5.74, 6) is 0.821. The molecule has 3 heterocycles. The first-order chi connectivity index (χ1) is 23.3. The number of carbonyl (C=O) groups is 1. The van der Waals surface area contributed by atoms with Crippen LogP contribution in [0.1, 0.15) is 78.6 Å². The summed E-state index contributed by atoms with van der Waals surface area (Å²) >= 11 is 0. The molecule has 0 aromatic rings. The van der Waals surface area contributed by atoms with Crippen molar-refractivity contribution in [3.05, 3.63) is 11.6 Å². The van der Waals surface area contributed by atoms with Crippen LogP contribution in [0.2, 0.25) is 0 Å². The third kappa shape index (κ3) is 5.74. The summed E-state index contributed by atoms with van der Waals surface area (Å²) in [4.78, 5) is 11.9. The number of carbonyl (C=O) groups excluding carboxylic acids is 1. The van der Waals surface area contributed by atoms with Crippen LogP contribution >= 0.6 is 0 Å². The second-order valence-electron chi connectivity index (χ2n) is 16.5. The summed E-state index contributed by atoms with van der Waals surface area (Å²) in [5.41, 5.74) is -0.00574. The minimum atomic E-state index is -1.63. The van der Waals surface area contributed by atoms with Crippen molar-refractivity contribution in [2.75, 3.05) is 20.3 Å². The standard InChI is InChI=1S/C36H56O13/c1-17-26(39)30(44-4)31(49-32-29(42)28(41)27(40)24(15-37)48-32)33(46-17)47-20-7-10-34(2)19(14-20)5-6-23-22(34)8-11-35(3)21(9-12-36(23,35)43)18-13-25(38)45-16-18/h13,17,19-24,26-33,37,39-43H,5-12,14-16H2,1-4H3/t17-,19-,20+,21-,22+,23-,24?,26-,27?,28?,29?,30+,31-,32?,33+,34+,35-,36+/m1/s1. The van der Waals surface area contributed by atoms with Crippen LogP contribution in [-0.2, 0) is 33.2 Å². The molecule has 0 aromatic carbocycles. The average Bonchev–Trinajstić information content (AvgIpc) is 3.62. The Hall–Kier alpha value is -1.23. The first kappa shape index (κ1) is 36.1. The van der Waals surface area contributed by atoms with E-state index in [2.05, 4.69) is 13.8 Å². The topological polar surface area (TPSA) is 194 Å². The van der Waals surface area contributed by atoms with E-state index in [1.807, 2.05) is 0 Å². The highest BCUT2D eigenvalue weighted by Gasteiger charge is 2.68. The van der Waals surface area contributed by atoms with Crippen molar-refractivity contribution in [3.63, 3.8) is 0 Å². The van der Waals surface area contributed by atoms with Gasteiger partial charge >= 0.3 is 5.97 Å². The van der Waals surface area contributed by atoms with E-state index in [-0.39, 0.29) is 34.7 Å². The Bertz CT molecular complexity index is 1260. The fraction of sp³-hybridized carbons (Fsp3) is 0.917. The highest BCUT2D eigenvalue weighted by molar-refractivity contribution is 5.85. The number of esters is 1. The van der Waals surface area contributed by atoms with Gasteiger partial charge in [0.05, 0.1) is 24.4 Å². The van der Waals surface area contributed by atoms with Gasteiger partial charge in [0.1, 0.15) is 49.3 Å². The van der Waals surface area contributed by atoms with Crippen LogP contribution in [0.25, 0.3) is 0 Å². The van der Waals surface area contributed by atoms with Crippen molar-refractivity contribution in [2.24, 2.45) is 34.5 Å². The molecule has 0 radical (unpaired) electrons. The molecule has 0 aromatic heterocycles. The van der Waals surface area contributed by atoms with Crippen LogP contribution in [0.3, 0.4) is 0 Å². The molecule has 18 atom stereocenters.